The standard InChI is InChI=1S/C30H32ClN5S/c1-5-34(6-2)23-14-16-24(17-15-23)35-20(3)19-26(21(35)4)29-28(27-9-7-8-18-32-27)33-30(37)36(29)25-12-10-22(31)11-13-25/h7-19,28-29H,5-6H2,1-4H3,(H,33,37)/t28-,29-/m1/s1. The molecule has 3 heterocycles. The van der Waals surface area contributed by atoms with E-state index in [0.29, 0.717) is 10.1 Å². The van der Waals surface area contributed by atoms with Crippen LogP contribution in [0.4, 0.5) is 11.4 Å². The molecule has 190 valence electrons. The third-order valence-corrected chi connectivity index (χ3v) is 7.79. The van der Waals surface area contributed by atoms with Crippen molar-refractivity contribution in [2.45, 2.75) is 39.8 Å². The first kappa shape index (κ1) is 25.3. The molecule has 1 aliphatic heterocycles. The van der Waals surface area contributed by atoms with Gasteiger partial charge in [-0.3, -0.25) is 4.98 Å². The highest BCUT2D eigenvalue weighted by atomic mass is 35.5. The minimum Gasteiger partial charge on any atom is -0.372 e. The predicted octanol–water partition coefficient (Wildman–Crippen LogP) is 7.17. The highest BCUT2D eigenvalue weighted by molar-refractivity contribution is 7.80. The fourth-order valence-corrected chi connectivity index (χ4v) is 5.91. The van der Waals surface area contributed by atoms with Crippen LogP contribution in [0.25, 0.3) is 5.69 Å². The summed E-state index contributed by atoms with van der Waals surface area (Å²) in [5.41, 5.74) is 7.92. The van der Waals surface area contributed by atoms with Crippen molar-refractivity contribution in [2.75, 3.05) is 22.9 Å². The molecule has 1 N–H and O–H groups in total. The Morgan fingerprint density at radius 3 is 2.24 bits per heavy atom. The van der Waals surface area contributed by atoms with E-state index < -0.39 is 0 Å². The van der Waals surface area contributed by atoms with Gasteiger partial charge in [-0.1, -0.05) is 17.7 Å². The van der Waals surface area contributed by atoms with Crippen LogP contribution in [-0.4, -0.2) is 27.8 Å². The van der Waals surface area contributed by atoms with Crippen LogP contribution in [0.3, 0.4) is 0 Å². The Morgan fingerprint density at radius 1 is 0.946 bits per heavy atom. The largest absolute Gasteiger partial charge is 0.372 e. The number of pyridine rings is 1. The van der Waals surface area contributed by atoms with Crippen molar-refractivity contribution >= 4 is 40.3 Å². The number of thiocarbonyl (C=S) groups is 1. The number of nitrogens with one attached hydrogen (secondary N) is 1. The zero-order valence-corrected chi connectivity index (χ0v) is 23.2. The van der Waals surface area contributed by atoms with Crippen LogP contribution in [0.1, 0.15) is 48.6 Å². The first-order valence-corrected chi connectivity index (χ1v) is 13.5. The summed E-state index contributed by atoms with van der Waals surface area (Å²) in [6, 6.07) is 24.9. The molecule has 0 unspecified atom stereocenters. The maximum absolute atomic E-state index is 6.22. The monoisotopic (exact) mass is 529 g/mol. The molecule has 5 nitrogen and oxygen atoms in total. The number of anilines is 2. The molecule has 0 aliphatic carbocycles. The van der Waals surface area contributed by atoms with E-state index in [1.54, 1.807) is 0 Å². The van der Waals surface area contributed by atoms with Crippen LogP contribution >= 0.6 is 23.8 Å². The number of hydrogen-bond donors (Lipinski definition) is 1. The van der Waals surface area contributed by atoms with E-state index in [4.69, 9.17) is 28.8 Å². The minimum atomic E-state index is -0.0941. The van der Waals surface area contributed by atoms with Gasteiger partial charge in [-0.2, -0.15) is 0 Å². The van der Waals surface area contributed by atoms with Gasteiger partial charge in [-0.25, -0.2) is 0 Å². The maximum atomic E-state index is 6.22. The summed E-state index contributed by atoms with van der Waals surface area (Å²) >= 11 is 12.1. The average molecular weight is 530 g/mol. The lowest BCUT2D eigenvalue weighted by atomic mass is 9.96. The Hall–Kier alpha value is -3.35. The van der Waals surface area contributed by atoms with E-state index in [2.05, 4.69) is 83.8 Å². The molecule has 1 aliphatic rings. The highest BCUT2D eigenvalue weighted by Crippen LogP contribution is 2.44. The number of halogens is 1. The predicted molar refractivity (Wildman–Crippen MR) is 158 cm³/mol. The van der Waals surface area contributed by atoms with Crippen LogP contribution in [0.2, 0.25) is 5.02 Å². The SMILES string of the molecule is CCN(CC)c1ccc(-n2c(C)cc([C@@H]3[C@@H](c4ccccn4)NC(=S)N3c3ccc(Cl)cc3)c2C)cc1. The fraction of sp³-hybridized carbons (Fsp3) is 0.267. The second-order valence-electron chi connectivity index (χ2n) is 9.32. The number of rotatable bonds is 7. The summed E-state index contributed by atoms with van der Waals surface area (Å²) in [4.78, 5) is 9.24. The van der Waals surface area contributed by atoms with E-state index in [-0.39, 0.29) is 12.1 Å². The molecule has 2 aromatic heterocycles. The topological polar surface area (TPSA) is 36.3 Å². The van der Waals surface area contributed by atoms with Crippen molar-refractivity contribution in [1.29, 1.82) is 0 Å². The molecule has 1 saturated heterocycles. The van der Waals surface area contributed by atoms with E-state index in [1.165, 1.54) is 22.6 Å². The van der Waals surface area contributed by atoms with Gasteiger partial charge in [-0.05, 0) is 112 Å². The molecule has 1 fully saturated rings. The van der Waals surface area contributed by atoms with Gasteiger partial charge < -0.3 is 19.7 Å². The van der Waals surface area contributed by atoms with Gasteiger partial charge in [0.15, 0.2) is 5.11 Å². The number of benzene rings is 2. The molecule has 0 radical (unpaired) electrons. The van der Waals surface area contributed by atoms with Crippen molar-refractivity contribution < 1.29 is 0 Å². The lowest BCUT2D eigenvalue weighted by molar-refractivity contribution is 0.565. The third-order valence-electron chi connectivity index (χ3n) is 7.23. The fourth-order valence-electron chi connectivity index (χ4n) is 5.44. The molecule has 2 aromatic carbocycles. The van der Waals surface area contributed by atoms with Gasteiger partial charge in [0.25, 0.3) is 0 Å². The van der Waals surface area contributed by atoms with E-state index in [1.807, 2.05) is 42.6 Å². The number of aromatic nitrogens is 2. The van der Waals surface area contributed by atoms with Crippen LogP contribution in [0.15, 0.2) is 79.0 Å². The molecule has 0 amide bonds. The molecule has 37 heavy (non-hydrogen) atoms. The van der Waals surface area contributed by atoms with Crippen molar-refractivity contribution in [3.05, 3.63) is 107 Å². The van der Waals surface area contributed by atoms with Crippen LogP contribution in [0, 0.1) is 13.8 Å². The molecule has 7 heteroatoms. The highest BCUT2D eigenvalue weighted by Gasteiger charge is 2.42. The average Bonchev–Trinajstić information content (AvgIpc) is 3.41. The number of aryl methyl sites for hydroxylation is 1. The first-order chi connectivity index (χ1) is 17.9. The normalized spacial score (nSPS) is 17.2. The van der Waals surface area contributed by atoms with Gasteiger partial charge in [0.05, 0.1) is 17.8 Å². The molecular formula is C30H32ClN5S. The number of hydrogen-bond acceptors (Lipinski definition) is 3. The van der Waals surface area contributed by atoms with Crippen LogP contribution in [0.5, 0.6) is 0 Å². The van der Waals surface area contributed by atoms with Gasteiger partial charge in [0.1, 0.15) is 0 Å². The summed E-state index contributed by atoms with van der Waals surface area (Å²) in [5.74, 6) is 0. The van der Waals surface area contributed by atoms with Gasteiger partial charge in [-0.15, -0.1) is 0 Å². The summed E-state index contributed by atoms with van der Waals surface area (Å²) in [7, 11) is 0. The molecule has 5 rings (SSSR count). The molecular weight excluding hydrogens is 498 g/mol. The molecule has 0 spiro atoms. The zero-order valence-electron chi connectivity index (χ0n) is 21.6. The smallest absolute Gasteiger partial charge is 0.174 e. The first-order valence-electron chi connectivity index (χ1n) is 12.7. The summed E-state index contributed by atoms with van der Waals surface area (Å²) in [5, 5.41) is 4.93. The van der Waals surface area contributed by atoms with E-state index in [0.717, 1.165) is 30.2 Å². The van der Waals surface area contributed by atoms with Gasteiger partial charge >= 0.3 is 0 Å². The summed E-state index contributed by atoms with van der Waals surface area (Å²) in [6.07, 6.45) is 1.84. The van der Waals surface area contributed by atoms with Crippen molar-refractivity contribution in [2.24, 2.45) is 0 Å². The lowest BCUT2D eigenvalue weighted by Crippen LogP contribution is -2.29. The van der Waals surface area contributed by atoms with E-state index >= 15 is 0 Å². The summed E-state index contributed by atoms with van der Waals surface area (Å²) in [6.45, 7) is 10.7. The molecule has 4 aromatic rings. The number of nitrogens with zero attached hydrogens (tertiary/aromatic N) is 4. The van der Waals surface area contributed by atoms with Crippen molar-refractivity contribution in [1.82, 2.24) is 14.9 Å². The Kier molecular flexibility index (Phi) is 7.22. The maximum Gasteiger partial charge on any atom is 0.174 e. The molecule has 0 bridgehead atoms. The van der Waals surface area contributed by atoms with Crippen LogP contribution in [-0.2, 0) is 0 Å². The molecule has 0 saturated carbocycles. The minimum absolute atomic E-state index is 0.0709. The zero-order chi connectivity index (χ0) is 26.1. The summed E-state index contributed by atoms with van der Waals surface area (Å²) < 4.78 is 2.33. The van der Waals surface area contributed by atoms with Gasteiger partial charge in [0.2, 0.25) is 0 Å². The quantitative estimate of drug-likeness (QED) is 0.257. The third kappa shape index (κ3) is 4.72. The lowest BCUT2D eigenvalue weighted by Gasteiger charge is -2.28. The molecule has 2 atom stereocenters. The van der Waals surface area contributed by atoms with E-state index in [9.17, 15) is 0 Å². The van der Waals surface area contributed by atoms with Crippen molar-refractivity contribution in [3.63, 3.8) is 0 Å². The second kappa shape index (κ2) is 10.6. The van der Waals surface area contributed by atoms with Gasteiger partial charge in [0, 0.05) is 52.8 Å². The Morgan fingerprint density at radius 2 is 1.62 bits per heavy atom. The van der Waals surface area contributed by atoms with Crippen molar-refractivity contribution in [3.8, 4) is 5.69 Å². The Balaban J connectivity index is 1.61. The Labute approximate surface area is 229 Å². The van der Waals surface area contributed by atoms with Crippen LogP contribution < -0.4 is 15.1 Å². The second-order valence-corrected chi connectivity index (χ2v) is 10.1. The Bertz CT molecular complexity index is 1380.